The third kappa shape index (κ3) is 3.06. The number of aromatic nitrogens is 1. The number of Topliss-reactive ketones (excluding diaryl/α,β-unsaturated/α-hetero) is 1. The zero-order valence-electron chi connectivity index (χ0n) is 15.9. The van der Waals surface area contributed by atoms with E-state index in [4.69, 9.17) is 18.9 Å². The SMILES string of the molecule is Cc1c(OC(=O)c2ccncc2)ccc2c1O/C(=C\c1ccc3c(c1)OCO3)C2=O. The number of fused-ring (bicyclic) bond motifs is 2. The molecule has 0 N–H and O–H groups in total. The van der Waals surface area contributed by atoms with Crippen LogP contribution in [0.4, 0.5) is 0 Å². The Kier molecular flexibility index (Phi) is 4.21. The Labute approximate surface area is 171 Å². The minimum absolute atomic E-state index is 0.177. The molecule has 3 heterocycles. The number of ketones is 1. The molecule has 0 amide bonds. The van der Waals surface area contributed by atoms with Crippen LogP contribution in [0.15, 0.2) is 60.6 Å². The third-order valence-electron chi connectivity index (χ3n) is 4.85. The van der Waals surface area contributed by atoms with Gasteiger partial charge in [-0.2, -0.15) is 0 Å². The number of carbonyl (C=O) groups excluding carboxylic acids is 2. The average molecular weight is 401 g/mol. The van der Waals surface area contributed by atoms with Gasteiger partial charge in [0.05, 0.1) is 11.1 Å². The molecule has 1 aromatic heterocycles. The average Bonchev–Trinajstić information content (AvgIpc) is 3.35. The van der Waals surface area contributed by atoms with E-state index in [0.29, 0.717) is 39.7 Å². The Morgan fingerprint density at radius 3 is 2.70 bits per heavy atom. The lowest BCUT2D eigenvalue weighted by Gasteiger charge is -2.10. The van der Waals surface area contributed by atoms with Crippen molar-refractivity contribution in [3.05, 3.63) is 82.9 Å². The van der Waals surface area contributed by atoms with Crippen molar-refractivity contribution in [2.24, 2.45) is 0 Å². The summed E-state index contributed by atoms with van der Waals surface area (Å²) in [5.74, 6) is 1.42. The van der Waals surface area contributed by atoms with Crippen molar-refractivity contribution in [2.75, 3.05) is 6.79 Å². The maximum Gasteiger partial charge on any atom is 0.343 e. The number of allylic oxidation sites excluding steroid dienone is 1. The van der Waals surface area contributed by atoms with E-state index in [0.717, 1.165) is 5.56 Å². The van der Waals surface area contributed by atoms with Gasteiger partial charge in [-0.1, -0.05) is 6.07 Å². The summed E-state index contributed by atoms with van der Waals surface area (Å²) in [4.78, 5) is 29.0. The molecular weight excluding hydrogens is 386 g/mol. The van der Waals surface area contributed by atoms with E-state index in [1.54, 1.807) is 49.4 Å². The lowest BCUT2D eigenvalue weighted by Crippen LogP contribution is -2.09. The van der Waals surface area contributed by atoms with Crippen LogP contribution in [0.3, 0.4) is 0 Å². The first-order valence-corrected chi connectivity index (χ1v) is 9.20. The van der Waals surface area contributed by atoms with Gasteiger partial charge in [-0.15, -0.1) is 0 Å². The molecule has 30 heavy (non-hydrogen) atoms. The zero-order valence-corrected chi connectivity index (χ0v) is 15.9. The van der Waals surface area contributed by atoms with E-state index in [1.807, 2.05) is 6.07 Å². The molecule has 0 saturated carbocycles. The molecule has 2 aliphatic heterocycles. The normalized spacial score (nSPS) is 15.1. The first kappa shape index (κ1) is 17.9. The van der Waals surface area contributed by atoms with Crippen molar-refractivity contribution < 1.29 is 28.5 Å². The fraction of sp³-hybridized carbons (Fsp3) is 0.0870. The molecule has 0 fully saturated rings. The summed E-state index contributed by atoms with van der Waals surface area (Å²) in [5.41, 5.74) is 2.11. The topological polar surface area (TPSA) is 84.0 Å². The molecule has 0 atom stereocenters. The van der Waals surface area contributed by atoms with Crippen molar-refractivity contribution in [2.45, 2.75) is 6.92 Å². The number of rotatable bonds is 3. The van der Waals surface area contributed by atoms with Gasteiger partial charge in [0.15, 0.2) is 17.3 Å². The molecule has 0 unspecified atom stereocenters. The largest absolute Gasteiger partial charge is 0.454 e. The van der Waals surface area contributed by atoms with Crippen LogP contribution in [0.2, 0.25) is 0 Å². The van der Waals surface area contributed by atoms with Crippen LogP contribution < -0.4 is 18.9 Å². The maximum absolute atomic E-state index is 12.8. The van der Waals surface area contributed by atoms with Gasteiger partial charge < -0.3 is 18.9 Å². The quantitative estimate of drug-likeness (QED) is 0.373. The smallest absolute Gasteiger partial charge is 0.343 e. The van der Waals surface area contributed by atoms with Crippen LogP contribution in [0, 0.1) is 6.92 Å². The van der Waals surface area contributed by atoms with Gasteiger partial charge in [0.1, 0.15) is 11.5 Å². The second-order valence-electron chi connectivity index (χ2n) is 6.74. The molecular formula is C23H15NO6. The van der Waals surface area contributed by atoms with E-state index >= 15 is 0 Å². The van der Waals surface area contributed by atoms with Crippen molar-refractivity contribution in [3.63, 3.8) is 0 Å². The summed E-state index contributed by atoms with van der Waals surface area (Å²) in [6.07, 6.45) is 4.68. The Balaban J connectivity index is 1.42. The van der Waals surface area contributed by atoms with E-state index in [-0.39, 0.29) is 18.3 Å². The van der Waals surface area contributed by atoms with E-state index in [2.05, 4.69) is 4.98 Å². The Bertz CT molecular complexity index is 1220. The molecule has 0 spiro atoms. The number of carbonyl (C=O) groups is 2. The predicted octanol–water partition coefficient (Wildman–Crippen LogP) is 3.95. The third-order valence-corrected chi connectivity index (χ3v) is 4.85. The fourth-order valence-electron chi connectivity index (χ4n) is 3.28. The minimum Gasteiger partial charge on any atom is -0.454 e. The van der Waals surface area contributed by atoms with Gasteiger partial charge in [-0.05, 0) is 55.0 Å². The molecule has 0 radical (unpaired) electrons. The Hall–Kier alpha value is -4.13. The summed E-state index contributed by atoms with van der Waals surface area (Å²) < 4.78 is 22.0. The molecule has 148 valence electrons. The van der Waals surface area contributed by atoms with Crippen LogP contribution in [0.1, 0.15) is 31.8 Å². The molecule has 7 heteroatoms. The summed E-state index contributed by atoms with van der Waals surface area (Å²) in [5, 5.41) is 0. The first-order valence-electron chi connectivity index (χ1n) is 9.20. The highest BCUT2D eigenvalue weighted by molar-refractivity contribution is 6.15. The molecule has 2 aromatic carbocycles. The van der Waals surface area contributed by atoms with Gasteiger partial charge >= 0.3 is 5.97 Å². The monoisotopic (exact) mass is 401 g/mol. The highest BCUT2D eigenvalue weighted by atomic mass is 16.7. The van der Waals surface area contributed by atoms with E-state index in [9.17, 15) is 9.59 Å². The highest BCUT2D eigenvalue weighted by Crippen LogP contribution is 2.40. The van der Waals surface area contributed by atoms with Crippen LogP contribution in [-0.2, 0) is 0 Å². The fourth-order valence-corrected chi connectivity index (χ4v) is 3.28. The zero-order chi connectivity index (χ0) is 20.7. The van der Waals surface area contributed by atoms with Crippen molar-refractivity contribution in [3.8, 4) is 23.0 Å². The van der Waals surface area contributed by atoms with Gasteiger partial charge in [0.2, 0.25) is 12.6 Å². The summed E-state index contributed by atoms with van der Waals surface area (Å²) in [6.45, 7) is 1.92. The van der Waals surface area contributed by atoms with Crippen LogP contribution in [0.5, 0.6) is 23.0 Å². The summed E-state index contributed by atoms with van der Waals surface area (Å²) >= 11 is 0. The van der Waals surface area contributed by atoms with Crippen molar-refractivity contribution >= 4 is 17.8 Å². The highest BCUT2D eigenvalue weighted by Gasteiger charge is 2.30. The predicted molar refractivity (Wildman–Crippen MR) is 106 cm³/mol. The Morgan fingerprint density at radius 2 is 1.87 bits per heavy atom. The number of hydrogen-bond donors (Lipinski definition) is 0. The Morgan fingerprint density at radius 1 is 1.07 bits per heavy atom. The van der Waals surface area contributed by atoms with Gasteiger partial charge in [0.25, 0.3) is 0 Å². The summed E-state index contributed by atoms with van der Waals surface area (Å²) in [7, 11) is 0. The van der Waals surface area contributed by atoms with Gasteiger partial charge in [-0.3, -0.25) is 9.78 Å². The molecule has 0 aliphatic carbocycles. The minimum atomic E-state index is -0.513. The van der Waals surface area contributed by atoms with Crippen molar-refractivity contribution in [1.29, 1.82) is 0 Å². The van der Waals surface area contributed by atoms with Gasteiger partial charge in [-0.25, -0.2) is 4.79 Å². The molecule has 0 saturated heterocycles. The number of nitrogens with zero attached hydrogens (tertiary/aromatic N) is 1. The number of esters is 1. The second-order valence-corrected chi connectivity index (χ2v) is 6.74. The van der Waals surface area contributed by atoms with Gasteiger partial charge in [0, 0.05) is 18.0 Å². The number of ether oxygens (including phenoxy) is 4. The first-order chi connectivity index (χ1) is 14.6. The maximum atomic E-state index is 12.8. The summed E-state index contributed by atoms with van der Waals surface area (Å²) in [6, 6.07) is 11.7. The molecule has 2 aliphatic rings. The molecule has 7 nitrogen and oxygen atoms in total. The van der Waals surface area contributed by atoms with E-state index in [1.165, 1.54) is 12.4 Å². The van der Waals surface area contributed by atoms with Crippen LogP contribution >= 0.6 is 0 Å². The molecule has 3 aromatic rings. The van der Waals surface area contributed by atoms with Crippen LogP contribution in [-0.4, -0.2) is 23.5 Å². The standard InChI is InChI=1S/C23H15NO6/c1-13-17(30-23(26)15-6-8-24-9-7-15)5-3-16-21(25)20(29-22(13)16)11-14-2-4-18-19(10-14)28-12-27-18/h2-11H,12H2,1H3/b20-11-. The molecule has 5 rings (SSSR count). The number of pyridine rings is 1. The second kappa shape index (κ2) is 7.04. The number of benzene rings is 2. The lowest BCUT2D eigenvalue weighted by molar-refractivity contribution is 0.0733. The molecule has 0 bridgehead atoms. The van der Waals surface area contributed by atoms with Crippen LogP contribution in [0.25, 0.3) is 6.08 Å². The number of hydrogen-bond acceptors (Lipinski definition) is 7. The lowest BCUT2D eigenvalue weighted by atomic mass is 10.1. The van der Waals surface area contributed by atoms with E-state index < -0.39 is 5.97 Å². The van der Waals surface area contributed by atoms with Crippen molar-refractivity contribution in [1.82, 2.24) is 4.98 Å².